The summed E-state index contributed by atoms with van der Waals surface area (Å²) in [6.07, 6.45) is 0. The summed E-state index contributed by atoms with van der Waals surface area (Å²) in [5.41, 5.74) is 13.2. The Morgan fingerprint density at radius 2 is 1.36 bits per heavy atom. The summed E-state index contributed by atoms with van der Waals surface area (Å²) in [5.74, 6) is 0. The second-order valence-electron chi connectivity index (χ2n) is 12.0. The molecule has 5 aromatic carbocycles. The van der Waals surface area contributed by atoms with Crippen LogP contribution in [0.5, 0.6) is 0 Å². The molecule has 0 fully saturated rings. The quantitative estimate of drug-likeness (QED) is 0.196. The van der Waals surface area contributed by atoms with Gasteiger partial charge in [0.05, 0.1) is 11.4 Å². The van der Waals surface area contributed by atoms with Crippen molar-refractivity contribution in [3.05, 3.63) is 124 Å². The van der Waals surface area contributed by atoms with Crippen LogP contribution in [0.2, 0.25) is 0 Å². The van der Waals surface area contributed by atoms with E-state index < -0.39 is 0 Å². The number of anilines is 3. The molecule has 0 bridgehead atoms. The van der Waals surface area contributed by atoms with Gasteiger partial charge in [0, 0.05) is 31.8 Å². The number of fused-ring (bicyclic) bond motifs is 9. The van der Waals surface area contributed by atoms with E-state index in [1.807, 2.05) is 6.07 Å². The van der Waals surface area contributed by atoms with Crippen LogP contribution in [-0.4, -0.2) is 0 Å². The second kappa shape index (κ2) is 7.64. The molecule has 3 heteroatoms. The summed E-state index contributed by atoms with van der Waals surface area (Å²) in [6, 6.07) is 35.4. The van der Waals surface area contributed by atoms with Gasteiger partial charge in [-0.1, -0.05) is 92.2 Å². The lowest BCUT2D eigenvalue weighted by atomic mass is 9.72. The van der Waals surface area contributed by atoms with Gasteiger partial charge in [-0.25, -0.2) is 0 Å². The molecule has 190 valence electrons. The predicted octanol–water partition coefficient (Wildman–Crippen LogP) is 10.8. The molecule has 0 spiro atoms. The van der Waals surface area contributed by atoms with Gasteiger partial charge in [-0.3, -0.25) is 0 Å². The molecule has 8 rings (SSSR count). The Hall–Kier alpha value is -3.82. The zero-order valence-corrected chi connectivity index (χ0v) is 24.1. The van der Waals surface area contributed by atoms with Gasteiger partial charge in [-0.2, -0.15) is 0 Å². The number of para-hydroxylation sites is 1. The average molecular weight is 571 g/mol. The Bertz CT molecular complexity index is 1990. The molecule has 6 aromatic rings. The van der Waals surface area contributed by atoms with Crippen molar-refractivity contribution in [3.8, 4) is 11.1 Å². The molecule has 1 aromatic heterocycles. The molecule has 0 radical (unpaired) electrons. The zero-order valence-electron chi connectivity index (χ0n) is 22.5. The first kappa shape index (κ1) is 23.1. The third-order valence-corrected chi connectivity index (χ3v) is 9.58. The molecule has 0 unspecified atom stereocenters. The molecule has 0 N–H and O–H groups in total. The van der Waals surface area contributed by atoms with Crippen molar-refractivity contribution in [3.63, 3.8) is 0 Å². The lowest BCUT2D eigenvalue weighted by molar-refractivity contribution is 0.633. The third-order valence-electron chi connectivity index (χ3n) is 9.09. The van der Waals surface area contributed by atoms with E-state index in [0.717, 1.165) is 15.6 Å². The first-order valence-corrected chi connectivity index (χ1v) is 14.4. The van der Waals surface area contributed by atoms with Crippen LogP contribution in [0.1, 0.15) is 49.9 Å². The molecule has 2 heterocycles. The van der Waals surface area contributed by atoms with Crippen LogP contribution >= 0.6 is 15.9 Å². The maximum absolute atomic E-state index is 6.36. The van der Waals surface area contributed by atoms with E-state index in [2.05, 4.69) is 140 Å². The number of hydrogen-bond acceptors (Lipinski definition) is 2. The molecule has 0 amide bonds. The first-order valence-electron chi connectivity index (χ1n) is 13.6. The van der Waals surface area contributed by atoms with Crippen molar-refractivity contribution in [2.75, 3.05) is 4.90 Å². The van der Waals surface area contributed by atoms with E-state index in [1.165, 1.54) is 61.2 Å². The summed E-state index contributed by atoms with van der Waals surface area (Å²) < 4.78 is 7.45. The van der Waals surface area contributed by atoms with E-state index in [1.54, 1.807) is 0 Å². The molecular weight excluding hydrogens is 542 g/mol. The number of furan rings is 1. The van der Waals surface area contributed by atoms with Gasteiger partial charge in [0.25, 0.3) is 0 Å². The number of halogens is 1. The lowest BCUT2D eigenvalue weighted by Gasteiger charge is -2.42. The van der Waals surface area contributed by atoms with Crippen LogP contribution in [0.4, 0.5) is 17.1 Å². The summed E-state index contributed by atoms with van der Waals surface area (Å²) in [5, 5.41) is 2.37. The molecule has 2 aliphatic rings. The number of rotatable bonds is 1. The van der Waals surface area contributed by atoms with Crippen molar-refractivity contribution in [1.82, 2.24) is 0 Å². The topological polar surface area (TPSA) is 16.4 Å². The van der Waals surface area contributed by atoms with Gasteiger partial charge in [0.2, 0.25) is 0 Å². The average Bonchev–Trinajstić information content (AvgIpc) is 3.42. The van der Waals surface area contributed by atoms with Crippen molar-refractivity contribution in [2.45, 2.75) is 38.5 Å². The maximum atomic E-state index is 6.36. The summed E-state index contributed by atoms with van der Waals surface area (Å²) in [6.45, 7) is 9.39. The minimum atomic E-state index is -0.233. The molecule has 0 atom stereocenters. The van der Waals surface area contributed by atoms with Gasteiger partial charge < -0.3 is 9.32 Å². The molecule has 1 aliphatic carbocycles. The van der Waals surface area contributed by atoms with E-state index >= 15 is 0 Å². The predicted molar refractivity (Wildman–Crippen MR) is 166 cm³/mol. The van der Waals surface area contributed by atoms with E-state index in [4.69, 9.17) is 4.42 Å². The summed E-state index contributed by atoms with van der Waals surface area (Å²) >= 11 is 3.78. The standard InChI is InChI=1S/C36H28BrNO/c1-35(2)26-11-7-5-9-23(26)24-15-14-22(20-27(24)35)38-29-16-13-21(37)19-28(29)36(3,4)34-30(38)17-18-32-33(34)25-10-6-8-12-31(25)39-32/h5-20H,1-4H3. The second-order valence-corrected chi connectivity index (χ2v) is 12.9. The van der Waals surface area contributed by atoms with Crippen molar-refractivity contribution in [2.24, 2.45) is 0 Å². The summed E-state index contributed by atoms with van der Waals surface area (Å²) in [7, 11) is 0. The number of nitrogens with zero attached hydrogens (tertiary/aromatic N) is 1. The molecule has 1 aliphatic heterocycles. The highest BCUT2D eigenvalue weighted by Crippen LogP contribution is 2.57. The fourth-order valence-corrected chi connectivity index (χ4v) is 7.56. The molecule has 0 saturated heterocycles. The number of hydrogen-bond donors (Lipinski definition) is 0. The van der Waals surface area contributed by atoms with Crippen molar-refractivity contribution < 1.29 is 4.42 Å². The SMILES string of the molecule is CC1(C)c2ccccc2-c2ccc(N3c4ccc(Br)cc4C(C)(C)c4c3ccc3oc5ccccc5c43)cc21. The van der Waals surface area contributed by atoms with E-state index in [0.29, 0.717) is 0 Å². The van der Waals surface area contributed by atoms with Gasteiger partial charge in [-0.15, -0.1) is 0 Å². The Labute approximate surface area is 237 Å². The lowest BCUT2D eigenvalue weighted by Crippen LogP contribution is -2.31. The van der Waals surface area contributed by atoms with Gasteiger partial charge in [0.1, 0.15) is 11.2 Å². The molecular formula is C36H28BrNO. The normalized spacial score (nSPS) is 16.2. The molecule has 39 heavy (non-hydrogen) atoms. The summed E-state index contributed by atoms with van der Waals surface area (Å²) in [4.78, 5) is 2.46. The smallest absolute Gasteiger partial charge is 0.135 e. The van der Waals surface area contributed by atoms with Crippen LogP contribution < -0.4 is 4.90 Å². The minimum absolute atomic E-state index is 0.0624. The van der Waals surface area contributed by atoms with Crippen molar-refractivity contribution in [1.29, 1.82) is 0 Å². The Kier molecular flexibility index (Phi) is 4.53. The van der Waals surface area contributed by atoms with Gasteiger partial charge >= 0.3 is 0 Å². The van der Waals surface area contributed by atoms with E-state index in [-0.39, 0.29) is 10.8 Å². The van der Waals surface area contributed by atoms with Crippen LogP contribution in [0.25, 0.3) is 33.1 Å². The Morgan fingerprint density at radius 3 is 2.23 bits per heavy atom. The molecule has 0 saturated carbocycles. The first-order chi connectivity index (χ1) is 18.8. The molecule has 2 nitrogen and oxygen atoms in total. The monoisotopic (exact) mass is 569 g/mol. The van der Waals surface area contributed by atoms with Crippen LogP contribution in [0, 0.1) is 0 Å². The highest BCUT2D eigenvalue weighted by Gasteiger charge is 2.41. The highest BCUT2D eigenvalue weighted by atomic mass is 79.9. The fourth-order valence-electron chi connectivity index (χ4n) is 7.20. The van der Waals surface area contributed by atoms with Gasteiger partial charge in [-0.05, 0) is 81.9 Å². The van der Waals surface area contributed by atoms with E-state index in [9.17, 15) is 0 Å². The Morgan fingerprint density at radius 1 is 0.615 bits per heavy atom. The minimum Gasteiger partial charge on any atom is -0.456 e. The Balaban J connectivity index is 1.45. The zero-order chi connectivity index (χ0) is 26.7. The van der Waals surface area contributed by atoms with Crippen molar-refractivity contribution >= 4 is 54.9 Å². The fraction of sp³-hybridized carbons (Fsp3) is 0.167. The maximum Gasteiger partial charge on any atom is 0.135 e. The van der Waals surface area contributed by atoms with Crippen LogP contribution in [0.15, 0.2) is 106 Å². The van der Waals surface area contributed by atoms with Crippen LogP contribution in [0.3, 0.4) is 0 Å². The third kappa shape index (κ3) is 2.97. The van der Waals surface area contributed by atoms with Crippen LogP contribution in [-0.2, 0) is 10.8 Å². The van der Waals surface area contributed by atoms with Gasteiger partial charge in [0.15, 0.2) is 0 Å². The largest absolute Gasteiger partial charge is 0.456 e. The number of benzene rings is 5. The highest BCUT2D eigenvalue weighted by molar-refractivity contribution is 9.10.